The Balaban J connectivity index is 1.49. The van der Waals surface area contributed by atoms with E-state index in [0.717, 1.165) is 16.9 Å². The van der Waals surface area contributed by atoms with Gasteiger partial charge in [-0.3, -0.25) is 9.59 Å². The van der Waals surface area contributed by atoms with Gasteiger partial charge >= 0.3 is 0 Å². The molecule has 3 aromatic rings. The van der Waals surface area contributed by atoms with Crippen LogP contribution in [0, 0.1) is 0 Å². The van der Waals surface area contributed by atoms with Crippen molar-refractivity contribution in [1.82, 2.24) is 4.90 Å². The Kier molecular flexibility index (Phi) is 6.75. The van der Waals surface area contributed by atoms with E-state index in [1.54, 1.807) is 18.2 Å². The number of rotatable bonds is 7. The number of amides is 2. The van der Waals surface area contributed by atoms with Crippen LogP contribution < -0.4 is 14.8 Å². The minimum atomic E-state index is -0.226. The van der Waals surface area contributed by atoms with Crippen LogP contribution in [-0.2, 0) is 13.0 Å². The summed E-state index contributed by atoms with van der Waals surface area (Å²) in [4.78, 5) is 28.2. The van der Waals surface area contributed by atoms with Crippen molar-refractivity contribution in [2.75, 3.05) is 25.1 Å². The molecule has 1 aliphatic rings. The fourth-order valence-electron chi connectivity index (χ4n) is 3.76. The van der Waals surface area contributed by atoms with E-state index in [0.29, 0.717) is 49.1 Å². The third-order valence-electron chi connectivity index (χ3n) is 5.30. The predicted octanol–water partition coefficient (Wildman–Crippen LogP) is 5.00. The summed E-state index contributed by atoms with van der Waals surface area (Å²) >= 11 is 1.46. The number of hydrogen-bond donors (Lipinski definition) is 1. The SMILES string of the molecule is CCOc1ccc(C(=O)Nc2ccc3c(c2)CN(C(=O)c2cccs2)CC3)cc1OCC. The number of benzene rings is 2. The van der Waals surface area contributed by atoms with Gasteiger partial charge in [0, 0.05) is 24.3 Å². The molecule has 6 nitrogen and oxygen atoms in total. The second-order valence-corrected chi connectivity index (χ2v) is 8.37. The number of nitrogens with zero attached hydrogens (tertiary/aromatic N) is 1. The largest absolute Gasteiger partial charge is 0.490 e. The van der Waals surface area contributed by atoms with Crippen LogP contribution in [0.25, 0.3) is 0 Å². The molecular weight excluding hydrogens is 424 g/mol. The van der Waals surface area contributed by atoms with Crippen molar-refractivity contribution in [3.8, 4) is 11.5 Å². The lowest BCUT2D eigenvalue weighted by Gasteiger charge is -2.29. The lowest BCUT2D eigenvalue weighted by Crippen LogP contribution is -2.35. The number of anilines is 1. The molecule has 0 bridgehead atoms. The van der Waals surface area contributed by atoms with Gasteiger partial charge in [0.1, 0.15) is 0 Å². The molecule has 2 amide bonds. The first kappa shape index (κ1) is 21.9. The quantitative estimate of drug-likeness (QED) is 0.550. The molecular formula is C25H26N2O4S. The number of carbonyl (C=O) groups excluding carboxylic acids is 2. The maximum Gasteiger partial charge on any atom is 0.264 e. The molecule has 0 aliphatic carbocycles. The Morgan fingerprint density at radius 1 is 1.00 bits per heavy atom. The van der Waals surface area contributed by atoms with E-state index in [1.807, 2.05) is 54.5 Å². The van der Waals surface area contributed by atoms with Crippen molar-refractivity contribution in [3.63, 3.8) is 0 Å². The third-order valence-corrected chi connectivity index (χ3v) is 6.16. The molecule has 166 valence electrons. The van der Waals surface area contributed by atoms with E-state index in [4.69, 9.17) is 9.47 Å². The summed E-state index contributed by atoms with van der Waals surface area (Å²) in [5.41, 5.74) is 3.45. The van der Waals surface area contributed by atoms with Crippen molar-refractivity contribution >= 4 is 28.8 Å². The number of fused-ring (bicyclic) bond motifs is 1. The van der Waals surface area contributed by atoms with Gasteiger partial charge in [-0.25, -0.2) is 0 Å². The third kappa shape index (κ3) is 4.78. The van der Waals surface area contributed by atoms with Crippen molar-refractivity contribution in [1.29, 1.82) is 0 Å². The molecule has 0 atom stereocenters. The highest BCUT2D eigenvalue weighted by Gasteiger charge is 2.23. The van der Waals surface area contributed by atoms with Crippen LogP contribution in [-0.4, -0.2) is 36.5 Å². The van der Waals surface area contributed by atoms with Crippen LogP contribution >= 0.6 is 11.3 Å². The smallest absolute Gasteiger partial charge is 0.264 e. The van der Waals surface area contributed by atoms with Crippen molar-refractivity contribution < 1.29 is 19.1 Å². The van der Waals surface area contributed by atoms with Gasteiger partial charge in [-0.05, 0) is 73.2 Å². The van der Waals surface area contributed by atoms with E-state index in [2.05, 4.69) is 5.32 Å². The average molecular weight is 451 g/mol. The van der Waals surface area contributed by atoms with Gasteiger partial charge in [-0.1, -0.05) is 12.1 Å². The molecule has 1 N–H and O–H groups in total. The maximum atomic E-state index is 12.9. The van der Waals surface area contributed by atoms with Gasteiger partial charge in [0.2, 0.25) is 0 Å². The van der Waals surface area contributed by atoms with Gasteiger partial charge in [0.15, 0.2) is 11.5 Å². The summed E-state index contributed by atoms with van der Waals surface area (Å²) in [5.74, 6) is 1.000. The Bertz CT molecular complexity index is 1110. The molecule has 32 heavy (non-hydrogen) atoms. The second-order valence-electron chi connectivity index (χ2n) is 7.42. The zero-order valence-corrected chi connectivity index (χ0v) is 19.0. The second kappa shape index (κ2) is 9.87. The molecule has 7 heteroatoms. The first-order valence-corrected chi connectivity index (χ1v) is 11.6. The van der Waals surface area contributed by atoms with Crippen LogP contribution in [0.2, 0.25) is 0 Å². The van der Waals surface area contributed by atoms with Gasteiger partial charge in [0.05, 0.1) is 18.1 Å². The first-order chi connectivity index (χ1) is 15.6. The Hall–Kier alpha value is -3.32. The molecule has 0 spiro atoms. The van der Waals surface area contributed by atoms with E-state index >= 15 is 0 Å². The molecule has 0 fully saturated rings. The monoisotopic (exact) mass is 450 g/mol. The molecule has 1 aromatic heterocycles. The summed E-state index contributed by atoms with van der Waals surface area (Å²) in [6, 6.07) is 14.8. The molecule has 1 aliphatic heterocycles. The van der Waals surface area contributed by atoms with Gasteiger partial charge < -0.3 is 19.7 Å². The van der Waals surface area contributed by atoms with E-state index in [1.165, 1.54) is 16.9 Å². The maximum absolute atomic E-state index is 12.9. The van der Waals surface area contributed by atoms with Gasteiger partial charge in [-0.15, -0.1) is 11.3 Å². The lowest BCUT2D eigenvalue weighted by molar-refractivity contribution is 0.0739. The van der Waals surface area contributed by atoms with E-state index < -0.39 is 0 Å². The lowest BCUT2D eigenvalue weighted by atomic mass is 9.98. The minimum Gasteiger partial charge on any atom is -0.490 e. The first-order valence-electron chi connectivity index (χ1n) is 10.7. The molecule has 0 unspecified atom stereocenters. The van der Waals surface area contributed by atoms with Gasteiger partial charge in [-0.2, -0.15) is 0 Å². The highest BCUT2D eigenvalue weighted by molar-refractivity contribution is 7.12. The zero-order chi connectivity index (χ0) is 22.5. The molecule has 0 radical (unpaired) electrons. The van der Waals surface area contributed by atoms with Gasteiger partial charge in [0.25, 0.3) is 11.8 Å². The van der Waals surface area contributed by atoms with E-state index in [-0.39, 0.29) is 11.8 Å². The summed E-state index contributed by atoms with van der Waals surface area (Å²) in [6.45, 7) is 6.03. The van der Waals surface area contributed by atoms with Crippen LogP contribution in [0.1, 0.15) is 45.0 Å². The molecule has 4 rings (SSSR count). The predicted molar refractivity (Wildman–Crippen MR) is 126 cm³/mol. The Morgan fingerprint density at radius 2 is 1.81 bits per heavy atom. The highest BCUT2D eigenvalue weighted by atomic mass is 32.1. The topological polar surface area (TPSA) is 67.9 Å². The number of ether oxygens (including phenoxy) is 2. The fourth-order valence-corrected chi connectivity index (χ4v) is 4.45. The Labute approximate surface area is 191 Å². The number of carbonyl (C=O) groups is 2. The summed E-state index contributed by atoms with van der Waals surface area (Å²) in [5, 5.41) is 4.88. The molecule has 0 saturated carbocycles. The summed E-state index contributed by atoms with van der Waals surface area (Å²) in [6.07, 6.45) is 0.803. The van der Waals surface area contributed by atoms with Crippen molar-refractivity contribution in [2.45, 2.75) is 26.8 Å². The fraction of sp³-hybridized carbons (Fsp3) is 0.280. The van der Waals surface area contributed by atoms with Crippen LogP contribution in [0.4, 0.5) is 5.69 Å². The molecule has 2 aromatic carbocycles. The number of thiophene rings is 1. The van der Waals surface area contributed by atoms with Crippen molar-refractivity contribution in [2.24, 2.45) is 0 Å². The standard InChI is InChI=1S/C25H26N2O4S/c1-3-30-21-10-8-18(15-22(21)31-4-2)24(28)26-20-9-7-17-11-12-27(16-19(17)14-20)25(29)23-6-5-13-32-23/h5-10,13-15H,3-4,11-12,16H2,1-2H3,(H,26,28). The number of nitrogens with one attached hydrogen (secondary N) is 1. The average Bonchev–Trinajstić information content (AvgIpc) is 3.34. The summed E-state index contributed by atoms with van der Waals surface area (Å²) in [7, 11) is 0. The normalized spacial score (nSPS) is 12.8. The highest BCUT2D eigenvalue weighted by Crippen LogP contribution is 2.29. The summed E-state index contributed by atoms with van der Waals surface area (Å²) < 4.78 is 11.2. The molecule has 0 saturated heterocycles. The van der Waals surface area contributed by atoms with E-state index in [9.17, 15) is 9.59 Å². The van der Waals surface area contributed by atoms with Crippen LogP contribution in [0.3, 0.4) is 0 Å². The zero-order valence-electron chi connectivity index (χ0n) is 18.2. The van der Waals surface area contributed by atoms with Crippen LogP contribution in [0.15, 0.2) is 53.9 Å². The number of hydrogen-bond acceptors (Lipinski definition) is 5. The molecule has 2 heterocycles. The van der Waals surface area contributed by atoms with Crippen LogP contribution in [0.5, 0.6) is 11.5 Å². The Morgan fingerprint density at radius 3 is 2.56 bits per heavy atom. The van der Waals surface area contributed by atoms with Crippen molar-refractivity contribution in [3.05, 3.63) is 75.5 Å². The minimum absolute atomic E-state index is 0.0536.